The molecule has 2 heterocycles. The van der Waals surface area contributed by atoms with Crippen LogP contribution in [0.25, 0.3) is 0 Å². The molecular weight excluding hydrogens is 353 g/mol. The SMILES string of the molecule is Fc1cccc(CN2CCC(N[C@H](Cc3ncn[nH]3)c3ccccc3)CC2)c1. The Kier molecular flexibility index (Phi) is 6.09. The molecule has 2 aromatic carbocycles. The fourth-order valence-corrected chi connectivity index (χ4v) is 3.92. The maximum Gasteiger partial charge on any atom is 0.137 e. The van der Waals surface area contributed by atoms with Crippen LogP contribution in [0.2, 0.25) is 0 Å². The van der Waals surface area contributed by atoms with E-state index in [4.69, 9.17) is 0 Å². The molecule has 0 unspecified atom stereocenters. The molecule has 1 aliphatic heterocycles. The largest absolute Gasteiger partial charge is 0.307 e. The molecule has 3 aromatic rings. The van der Waals surface area contributed by atoms with Crippen molar-refractivity contribution in [2.75, 3.05) is 13.1 Å². The monoisotopic (exact) mass is 379 g/mol. The number of piperidine rings is 1. The minimum atomic E-state index is -0.160. The number of benzene rings is 2. The van der Waals surface area contributed by atoms with Crippen LogP contribution in [0.5, 0.6) is 0 Å². The number of nitrogens with zero attached hydrogens (tertiary/aromatic N) is 3. The number of hydrogen-bond acceptors (Lipinski definition) is 4. The third-order valence-electron chi connectivity index (χ3n) is 5.38. The van der Waals surface area contributed by atoms with E-state index in [9.17, 15) is 4.39 Å². The molecule has 1 aromatic heterocycles. The minimum absolute atomic E-state index is 0.160. The summed E-state index contributed by atoms with van der Waals surface area (Å²) in [5, 5.41) is 10.8. The number of rotatable bonds is 7. The summed E-state index contributed by atoms with van der Waals surface area (Å²) < 4.78 is 13.4. The van der Waals surface area contributed by atoms with Crippen molar-refractivity contribution in [2.45, 2.75) is 37.9 Å². The molecule has 1 aliphatic rings. The third kappa shape index (κ3) is 5.03. The van der Waals surface area contributed by atoms with Crippen LogP contribution in [0.15, 0.2) is 60.9 Å². The highest BCUT2D eigenvalue weighted by atomic mass is 19.1. The lowest BCUT2D eigenvalue weighted by atomic mass is 9.98. The van der Waals surface area contributed by atoms with E-state index in [-0.39, 0.29) is 11.9 Å². The van der Waals surface area contributed by atoms with Crippen LogP contribution in [-0.2, 0) is 13.0 Å². The van der Waals surface area contributed by atoms with Gasteiger partial charge >= 0.3 is 0 Å². The molecule has 0 saturated carbocycles. The maximum absolute atomic E-state index is 13.4. The number of hydrogen-bond donors (Lipinski definition) is 2. The molecule has 6 heteroatoms. The van der Waals surface area contributed by atoms with Gasteiger partial charge in [0.05, 0.1) is 0 Å². The van der Waals surface area contributed by atoms with Crippen LogP contribution < -0.4 is 5.32 Å². The zero-order valence-corrected chi connectivity index (χ0v) is 15.9. The van der Waals surface area contributed by atoms with Gasteiger partial charge in [-0.2, -0.15) is 5.10 Å². The fourth-order valence-electron chi connectivity index (χ4n) is 3.92. The maximum atomic E-state index is 13.4. The first-order chi connectivity index (χ1) is 13.8. The van der Waals surface area contributed by atoms with Crippen molar-refractivity contribution < 1.29 is 4.39 Å². The Labute approximate surface area is 165 Å². The molecule has 2 N–H and O–H groups in total. The Bertz CT molecular complexity index is 844. The van der Waals surface area contributed by atoms with E-state index in [1.807, 2.05) is 12.1 Å². The van der Waals surface area contributed by atoms with Crippen molar-refractivity contribution in [3.63, 3.8) is 0 Å². The fraction of sp³-hybridized carbons (Fsp3) is 0.364. The summed E-state index contributed by atoms with van der Waals surface area (Å²) in [6, 6.07) is 18.1. The molecule has 5 nitrogen and oxygen atoms in total. The topological polar surface area (TPSA) is 56.8 Å². The van der Waals surface area contributed by atoms with Crippen molar-refractivity contribution in [3.05, 3.63) is 83.7 Å². The van der Waals surface area contributed by atoms with Crippen LogP contribution in [0.4, 0.5) is 4.39 Å². The normalized spacial score (nSPS) is 16.9. The molecule has 0 amide bonds. The second-order valence-corrected chi connectivity index (χ2v) is 7.45. The van der Waals surface area contributed by atoms with Crippen molar-refractivity contribution in [1.82, 2.24) is 25.4 Å². The summed E-state index contributed by atoms with van der Waals surface area (Å²) in [7, 11) is 0. The van der Waals surface area contributed by atoms with E-state index in [1.54, 1.807) is 18.5 Å². The molecule has 0 spiro atoms. The average Bonchev–Trinajstić information content (AvgIpc) is 3.23. The van der Waals surface area contributed by atoms with Gasteiger partial charge in [-0.1, -0.05) is 42.5 Å². The summed E-state index contributed by atoms with van der Waals surface area (Å²) in [5.41, 5.74) is 2.31. The van der Waals surface area contributed by atoms with Crippen LogP contribution in [0.3, 0.4) is 0 Å². The lowest BCUT2D eigenvalue weighted by Gasteiger charge is -2.34. The summed E-state index contributed by atoms with van der Waals surface area (Å²) in [6.45, 7) is 2.83. The van der Waals surface area contributed by atoms with Gasteiger partial charge in [-0.05, 0) is 49.2 Å². The van der Waals surface area contributed by atoms with Gasteiger partial charge in [0.1, 0.15) is 18.0 Å². The van der Waals surface area contributed by atoms with E-state index >= 15 is 0 Å². The van der Waals surface area contributed by atoms with Gasteiger partial charge in [-0.3, -0.25) is 10.00 Å². The molecule has 0 bridgehead atoms. The predicted octanol–water partition coefficient (Wildman–Crippen LogP) is 3.48. The van der Waals surface area contributed by atoms with Crippen LogP contribution >= 0.6 is 0 Å². The average molecular weight is 379 g/mol. The predicted molar refractivity (Wildman–Crippen MR) is 107 cm³/mol. The zero-order valence-electron chi connectivity index (χ0n) is 15.9. The van der Waals surface area contributed by atoms with Crippen molar-refractivity contribution in [2.24, 2.45) is 0 Å². The first-order valence-electron chi connectivity index (χ1n) is 9.88. The minimum Gasteiger partial charge on any atom is -0.307 e. The molecule has 1 saturated heterocycles. The first-order valence-corrected chi connectivity index (χ1v) is 9.88. The summed E-state index contributed by atoms with van der Waals surface area (Å²) in [5.74, 6) is 0.733. The molecular formula is C22H26FN5. The van der Waals surface area contributed by atoms with Gasteiger partial charge in [0.25, 0.3) is 0 Å². The number of nitrogens with one attached hydrogen (secondary N) is 2. The van der Waals surface area contributed by atoms with Gasteiger partial charge in [0.15, 0.2) is 0 Å². The van der Waals surface area contributed by atoms with Crippen LogP contribution in [0.1, 0.15) is 35.8 Å². The number of halogens is 1. The van der Waals surface area contributed by atoms with E-state index in [0.29, 0.717) is 6.04 Å². The van der Waals surface area contributed by atoms with Crippen LogP contribution in [-0.4, -0.2) is 39.2 Å². The molecule has 1 atom stereocenters. The Morgan fingerprint density at radius 1 is 1.11 bits per heavy atom. The Morgan fingerprint density at radius 2 is 1.93 bits per heavy atom. The molecule has 146 valence electrons. The highest BCUT2D eigenvalue weighted by Gasteiger charge is 2.23. The van der Waals surface area contributed by atoms with Gasteiger partial charge in [0.2, 0.25) is 0 Å². The van der Waals surface area contributed by atoms with Crippen LogP contribution in [0, 0.1) is 5.82 Å². The third-order valence-corrected chi connectivity index (χ3v) is 5.38. The van der Waals surface area contributed by atoms with Gasteiger partial charge in [-0.25, -0.2) is 9.37 Å². The van der Waals surface area contributed by atoms with Gasteiger partial charge in [-0.15, -0.1) is 0 Å². The number of aromatic nitrogens is 3. The smallest absolute Gasteiger partial charge is 0.137 e. The lowest BCUT2D eigenvalue weighted by molar-refractivity contribution is 0.183. The molecule has 0 radical (unpaired) electrons. The van der Waals surface area contributed by atoms with Crippen molar-refractivity contribution in [3.8, 4) is 0 Å². The summed E-state index contributed by atoms with van der Waals surface area (Å²) in [4.78, 5) is 6.70. The second-order valence-electron chi connectivity index (χ2n) is 7.45. The standard InChI is InChI=1S/C22H26FN5/c23-19-8-4-5-17(13-19)15-28-11-9-20(10-12-28)26-21(14-22-24-16-25-27-22)18-6-2-1-3-7-18/h1-8,13,16,20-21,26H,9-12,14-15H2,(H,24,25,27)/t21-/m1/s1. The van der Waals surface area contributed by atoms with E-state index < -0.39 is 0 Å². The summed E-state index contributed by atoms with van der Waals surface area (Å²) >= 11 is 0. The zero-order chi connectivity index (χ0) is 19.2. The van der Waals surface area contributed by atoms with Gasteiger partial charge < -0.3 is 5.32 Å². The Balaban J connectivity index is 1.35. The molecule has 28 heavy (non-hydrogen) atoms. The van der Waals surface area contributed by atoms with E-state index in [2.05, 4.69) is 49.7 Å². The number of likely N-dealkylation sites (tertiary alicyclic amines) is 1. The number of aromatic amines is 1. The Morgan fingerprint density at radius 3 is 2.64 bits per heavy atom. The van der Waals surface area contributed by atoms with E-state index in [1.165, 1.54) is 11.6 Å². The van der Waals surface area contributed by atoms with Crippen molar-refractivity contribution >= 4 is 0 Å². The molecule has 0 aliphatic carbocycles. The molecule has 4 rings (SSSR count). The number of H-pyrrole nitrogens is 1. The second kappa shape index (κ2) is 9.08. The van der Waals surface area contributed by atoms with Crippen molar-refractivity contribution in [1.29, 1.82) is 0 Å². The lowest BCUT2D eigenvalue weighted by Crippen LogP contribution is -2.43. The quantitative estimate of drug-likeness (QED) is 0.660. The summed E-state index contributed by atoms with van der Waals surface area (Å²) in [6.07, 6.45) is 4.50. The first kappa shape index (κ1) is 18.8. The highest BCUT2D eigenvalue weighted by molar-refractivity contribution is 5.20. The molecule has 1 fully saturated rings. The Hall–Kier alpha value is -2.57. The van der Waals surface area contributed by atoms with Gasteiger partial charge in [0, 0.05) is 25.0 Å². The highest BCUT2D eigenvalue weighted by Crippen LogP contribution is 2.21. The van der Waals surface area contributed by atoms with E-state index in [0.717, 1.165) is 50.3 Å².